The maximum Gasteiger partial charge on any atom is 0.264 e. The van der Waals surface area contributed by atoms with E-state index in [0.29, 0.717) is 15.8 Å². The first-order chi connectivity index (χ1) is 11.7. The summed E-state index contributed by atoms with van der Waals surface area (Å²) in [6.07, 6.45) is 1.81. The van der Waals surface area contributed by atoms with Gasteiger partial charge >= 0.3 is 0 Å². The molecule has 2 aliphatic heterocycles. The lowest BCUT2D eigenvalue weighted by Crippen LogP contribution is -2.19. The molecule has 4 rings (SSSR count). The summed E-state index contributed by atoms with van der Waals surface area (Å²) in [5, 5.41) is 3.34. The zero-order chi connectivity index (χ0) is 16.5. The molecule has 0 unspecified atom stereocenters. The summed E-state index contributed by atoms with van der Waals surface area (Å²) in [6, 6.07) is 13.1. The standard InChI is InChI=1S/C17H11BrN2O3S/c18-11-2-4-12(5-3-11)19-17-20-16(21)15(24-17)8-10-1-6-13-14(7-10)23-9-22-13/h1-8H,9H2,(H,19,20,21)/b15-8-. The number of hydrogen-bond acceptors (Lipinski definition) is 5. The number of aliphatic imine (C=N–C) groups is 1. The van der Waals surface area contributed by atoms with E-state index < -0.39 is 0 Å². The molecule has 120 valence electrons. The molecule has 1 amide bonds. The van der Waals surface area contributed by atoms with Gasteiger partial charge in [0.25, 0.3) is 5.91 Å². The van der Waals surface area contributed by atoms with Gasteiger partial charge in [0.2, 0.25) is 6.79 Å². The van der Waals surface area contributed by atoms with Crippen LogP contribution in [0.2, 0.25) is 0 Å². The van der Waals surface area contributed by atoms with Crippen molar-refractivity contribution < 1.29 is 14.3 Å². The summed E-state index contributed by atoms with van der Waals surface area (Å²) in [7, 11) is 0. The molecule has 2 aromatic rings. The normalized spacial score (nSPS) is 19.1. The van der Waals surface area contributed by atoms with Crippen LogP contribution >= 0.6 is 27.7 Å². The average Bonchev–Trinajstić information content (AvgIpc) is 3.16. The number of benzene rings is 2. The molecule has 0 atom stereocenters. The van der Waals surface area contributed by atoms with Crippen LogP contribution in [0.5, 0.6) is 11.5 Å². The van der Waals surface area contributed by atoms with Gasteiger partial charge in [-0.2, -0.15) is 0 Å². The molecule has 0 spiro atoms. The summed E-state index contributed by atoms with van der Waals surface area (Å²) in [5.74, 6) is 1.25. The summed E-state index contributed by atoms with van der Waals surface area (Å²) in [5.41, 5.74) is 1.66. The fourth-order valence-electron chi connectivity index (χ4n) is 2.27. The van der Waals surface area contributed by atoms with Gasteiger partial charge in [-0.3, -0.25) is 4.79 Å². The third kappa shape index (κ3) is 3.18. The number of nitrogens with one attached hydrogen (secondary N) is 1. The molecule has 2 aromatic carbocycles. The number of fused-ring (bicyclic) bond motifs is 1. The van der Waals surface area contributed by atoms with Gasteiger partial charge in [0.05, 0.1) is 10.6 Å². The highest BCUT2D eigenvalue weighted by Gasteiger charge is 2.24. The maximum atomic E-state index is 12.1. The van der Waals surface area contributed by atoms with E-state index in [1.54, 1.807) is 0 Å². The minimum atomic E-state index is -0.159. The molecule has 0 aromatic heterocycles. The Morgan fingerprint density at radius 3 is 2.75 bits per heavy atom. The number of ether oxygens (including phenoxy) is 2. The van der Waals surface area contributed by atoms with E-state index in [4.69, 9.17) is 9.47 Å². The quantitative estimate of drug-likeness (QED) is 0.769. The monoisotopic (exact) mass is 402 g/mol. The number of amidine groups is 1. The second-order valence-corrected chi connectivity index (χ2v) is 7.02. The number of halogens is 1. The summed E-state index contributed by atoms with van der Waals surface area (Å²) < 4.78 is 11.6. The molecule has 2 heterocycles. The van der Waals surface area contributed by atoms with Crippen LogP contribution in [0.3, 0.4) is 0 Å². The first-order valence-corrected chi connectivity index (χ1v) is 8.73. The molecular formula is C17H11BrN2O3S. The molecule has 2 aliphatic rings. The number of amides is 1. The lowest BCUT2D eigenvalue weighted by molar-refractivity contribution is -0.115. The molecule has 7 heteroatoms. The fraction of sp³-hybridized carbons (Fsp3) is 0.0588. The molecule has 0 aliphatic carbocycles. The van der Waals surface area contributed by atoms with E-state index in [0.717, 1.165) is 21.5 Å². The van der Waals surface area contributed by atoms with Crippen LogP contribution in [-0.4, -0.2) is 17.9 Å². The molecule has 24 heavy (non-hydrogen) atoms. The molecule has 1 fully saturated rings. The molecule has 0 saturated carbocycles. The van der Waals surface area contributed by atoms with Gasteiger partial charge in [0.15, 0.2) is 16.7 Å². The summed E-state index contributed by atoms with van der Waals surface area (Å²) in [6.45, 7) is 0.231. The highest BCUT2D eigenvalue weighted by molar-refractivity contribution is 9.10. The Kier molecular flexibility index (Phi) is 4.03. The predicted octanol–water partition coefficient (Wildman–Crippen LogP) is 4.07. The summed E-state index contributed by atoms with van der Waals surface area (Å²) >= 11 is 4.70. The van der Waals surface area contributed by atoms with Gasteiger partial charge in [-0.25, -0.2) is 4.99 Å². The Morgan fingerprint density at radius 2 is 1.92 bits per heavy atom. The molecule has 0 radical (unpaired) electrons. The highest BCUT2D eigenvalue weighted by atomic mass is 79.9. The number of rotatable bonds is 2. The van der Waals surface area contributed by atoms with Crippen molar-refractivity contribution in [3.8, 4) is 11.5 Å². The Balaban J connectivity index is 1.56. The third-order valence-corrected chi connectivity index (χ3v) is 4.84. The summed E-state index contributed by atoms with van der Waals surface area (Å²) in [4.78, 5) is 17.2. The van der Waals surface area contributed by atoms with Crippen LogP contribution in [0.25, 0.3) is 6.08 Å². The van der Waals surface area contributed by atoms with Gasteiger partial charge in [-0.05, 0) is 59.8 Å². The minimum absolute atomic E-state index is 0.159. The first-order valence-electron chi connectivity index (χ1n) is 7.12. The molecule has 5 nitrogen and oxygen atoms in total. The fourth-order valence-corrected chi connectivity index (χ4v) is 3.37. The SMILES string of the molecule is O=C1NC(=Nc2ccc(Br)cc2)S/C1=C\c1ccc2c(c1)OCO2. The van der Waals surface area contributed by atoms with Crippen LogP contribution in [-0.2, 0) is 4.79 Å². The lowest BCUT2D eigenvalue weighted by atomic mass is 10.2. The number of carbonyl (C=O) groups is 1. The zero-order valence-corrected chi connectivity index (χ0v) is 14.7. The minimum Gasteiger partial charge on any atom is -0.454 e. The van der Waals surface area contributed by atoms with Crippen molar-refractivity contribution >= 4 is 50.5 Å². The predicted molar refractivity (Wildman–Crippen MR) is 97.5 cm³/mol. The van der Waals surface area contributed by atoms with E-state index in [-0.39, 0.29) is 12.7 Å². The second kappa shape index (κ2) is 6.33. The average molecular weight is 403 g/mol. The smallest absolute Gasteiger partial charge is 0.264 e. The van der Waals surface area contributed by atoms with E-state index in [2.05, 4.69) is 26.2 Å². The van der Waals surface area contributed by atoms with Crippen LogP contribution < -0.4 is 14.8 Å². The number of hydrogen-bond donors (Lipinski definition) is 1. The Bertz CT molecular complexity index is 878. The van der Waals surface area contributed by atoms with Crippen LogP contribution in [0.4, 0.5) is 5.69 Å². The van der Waals surface area contributed by atoms with Crippen molar-refractivity contribution in [2.24, 2.45) is 4.99 Å². The van der Waals surface area contributed by atoms with Crippen LogP contribution in [0.15, 0.2) is 56.8 Å². The molecule has 1 N–H and O–H groups in total. The third-order valence-electron chi connectivity index (χ3n) is 3.40. The van der Waals surface area contributed by atoms with E-state index in [9.17, 15) is 4.79 Å². The van der Waals surface area contributed by atoms with Gasteiger partial charge in [-0.1, -0.05) is 22.0 Å². The van der Waals surface area contributed by atoms with Gasteiger partial charge in [0, 0.05) is 4.47 Å². The first kappa shape index (κ1) is 15.3. The molecular weight excluding hydrogens is 392 g/mol. The Morgan fingerprint density at radius 1 is 1.12 bits per heavy atom. The number of nitrogens with zero attached hydrogens (tertiary/aromatic N) is 1. The highest BCUT2D eigenvalue weighted by Crippen LogP contribution is 2.34. The van der Waals surface area contributed by atoms with Crippen molar-refractivity contribution in [3.05, 3.63) is 57.4 Å². The van der Waals surface area contributed by atoms with Gasteiger partial charge in [-0.15, -0.1) is 0 Å². The Labute approximate surface area is 150 Å². The van der Waals surface area contributed by atoms with E-state index in [1.165, 1.54) is 11.8 Å². The molecule has 1 saturated heterocycles. The van der Waals surface area contributed by atoms with Crippen LogP contribution in [0, 0.1) is 0 Å². The van der Waals surface area contributed by atoms with E-state index in [1.807, 2.05) is 48.5 Å². The largest absolute Gasteiger partial charge is 0.454 e. The van der Waals surface area contributed by atoms with Crippen molar-refractivity contribution in [2.45, 2.75) is 0 Å². The van der Waals surface area contributed by atoms with Crippen molar-refractivity contribution in [1.29, 1.82) is 0 Å². The lowest BCUT2D eigenvalue weighted by Gasteiger charge is -1.98. The second-order valence-electron chi connectivity index (χ2n) is 5.07. The maximum absolute atomic E-state index is 12.1. The van der Waals surface area contributed by atoms with Gasteiger partial charge in [0.1, 0.15) is 0 Å². The van der Waals surface area contributed by atoms with Crippen molar-refractivity contribution in [1.82, 2.24) is 5.32 Å². The van der Waals surface area contributed by atoms with Crippen molar-refractivity contribution in [3.63, 3.8) is 0 Å². The zero-order valence-electron chi connectivity index (χ0n) is 12.3. The Hall–Kier alpha value is -2.25. The van der Waals surface area contributed by atoms with Crippen LogP contribution in [0.1, 0.15) is 5.56 Å². The number of carbonyl (C=O) groups excluding carboxylic acids is 1. The van der Waals surface area contributed by atoms with Crippen molar-refractivity contribution in [2.75, 3.05) is 6.79 Å². The molecule has 0 bridgehead atoms. The topological polar surface area (TPSA) is 59.9 Å². The number of thioether (sulfide) groups is 1. The van der Waals surface area contributed by atoms with Gasteiger partial charge < -0.3 is 14.8 Å². The van der Waals surface area contributed by atoms with E-state index >= 15 is 0 Å².